The van der Waals surface area contributed by atoms with E-state index >= 15 is 0 Å². The number of rotatable bonds is 1. The Bertz CT molecular complexity index is 621. The number of hydrogen-bond donors (Lipinski definition) is 1. The van der Waals surface area contributed by atoms with Crippen LogP contribution in [-0.4, -0.2) is 23.6 Å². The molecule has 20 heavy (non-hydrogen) atoms. The molecule has 0 radical (unpaired) electrons. The second kappa shape index (κ2) is 5.29. The number of benzene rings is 2. The summed E-state index contributed by atoms with van der Waals surface area (Å²) in [5, 5.41) is 9.76. The Morgan fingerprint density at radius 1 is 1.10 bits per heavy atom. The van der Waals surface area contributed by atoms with E-state index in [0.717, 1.165) is 19.5 Å². The van der Waals surface area contributed by atoms with Gasteiger partial charge in [0, 0.05) is 12.5 Å². The number of phenolic OH excluding ortho intramolecular Hbond substituents is 1. The van der Waals surface area contributed by atoms with E-state index in [-0.39, 0.29) is 0 Å². The van der Waals surface area contributed by atoms with Crippen LogP contribution >= 0.6 is 0 Å². The summed E-state index contributed by atoms with van der Waals surface area (Å²) in [6.45, 7) is 4.17. The second-order valence-corrected chi connectivity index (χ2v) is 5.82. The Labute approximate surface area is 120 Å². The van der Waals surface area contributed by atoms with Gasteiger partial charge in [0.1, 0.15) is 5.75 Å². The van der Waals surface area contributed by atoms with Gasteiger partial charge in [-0.15, -0.1) is 0 Å². The molecule has 3 rings (SSSR count). The van der Waals surface area contributed by atoms with E-state index in [1.54, 1.807) is 0 Å². The summed E-state index contributed by atoms with van der Waals surface area (Å²) in [5.41, 5.74) is 5.37. The van der Waals surface area contributed by atoms with Crippen molar-refractivity contribution in [2.75, 3.05) is 13.6 Å². The highest BCUT2D eigenvalue weighted by Crippen LogP contribution is 2.36. The lowest BCUT2D eigenvalue weighted by molar-refractivity contribution is 0.328. The highest BCUT2D eigenvalue weighted by molar-refractivity contribution is 5.44. The molecule has 0 saturated heterocycles. The maximum absolute atomic E-state index is 9.76. The van der Waals surface area contributed by atoms with Crippen molar-refractivity contribution in [1.29, 1.82) is 0 Å². The van der Waals surface area contributed by atoms with Crippen molar-refractivity contribution in [2.24, 2.45) is 0 Å². The Morgan fingerprint density at radius 3 is 2.70 bits per heavy atom. The van der Waals surface area contributed by atoms with Gasteiger partial charge in [-0.25, -0.2) is 0 Å². The molecule has 1 aliphatic heterocycles. The molecule has 0 aliphatic carbocycles. The Balaban J connectivity index is 2.11. The van der Waals surface area contributed by atoms with E-state index in [0.29, 0.717) is 11.7 Å². The van der Waals surface area contributed by atoms with Gasteiger partial charge < -0.3 is 10.0 Å². The van der Waals surface area contributed by atoms with Gasteiger partial charge in [0.2, 0.25) is 0 Å². The molecule has 1 N–H and O–H groups in total. The monoisotopic (exact) mass is 267 g/mol. The maximum Gasteiger partial charge on any atom is 0.115 e. The van der Waals surface area contributed by atoms with Gasteiger partial charge in [0.25, 0.3) is 0 Å². The zero-order valence-corrected chi connectivity index (χ0v) is 12.1. The molecule has 1 aliphatic rings. The van der Waals surface area contributed by atoms with Gasteiger partial charge in [0.15, 0.2) is 0 Å². The largest absolute Gasteiger partial charge is 0.508 e. The molecule has 2 heteroatoms. The van der Waals surface area contributed by atoms with Crippen LogP contribution in [0.2, 0.25) is 0 Å². The van der Waals surface area contributed by atoms with Crippen molar-refractivity contribution in [3.63, 3.8) is 0 Å². The number of aryl methyl sites for hydroxylation is 1. The zero-order valence-electron chi connectivity index (χ0n) is 12.1. The Hall–Kier alpha value is -1.80. The molecule has 2 nitrogen and oxygen atoms in total. The highest BCUT2D eigenvalue weighted by atomic mass is 16.3. The summed E-state index contributed by atoms with van der Waals surface area (Å²) in [5.74, 6) is 0.791. The maximum atomic E-state index is 9.76. The molecule has 0 spiro atoms. The van der Waals surface area contributed by atoms with Crippen molar-refractivity contribution in [3.05, 3.63) is 64.7 Å². The molecule has 0 bridgehead atoms. The topological polar surface area (TPSA) is 23.5 Å². The van der Waals surface area contributed by atoms with E-state index in [2.05, 4.69) is 49.2 Å². The third-order valence-electron chi connectivity index (χ3n) is 4.31. The van der Waals surface area contributed by atoms with E-state index in [1.807, 2.05) is 12.1 Å². The quantitative estimate of drug-likeness (QED) is 0.852. The SMILES string of the molecule is Cc1ccccc1[C@@H]1CCN(C)Cc2cc(O)ccc21. The fourth-order valence-electron chi connectivity index (χ4n) is 3.24. The second-order valence-electron chi connectivity index (χ2n) is 5.82. The van der Waals surface area contributed by atoms with Crippen LogP contribution in [0.15, 0.2) is 42.5 Å². The summed E-state index contributed by atoms with van der Waals surface area (Å²) in [4.78, 5) is 2.33. The van der Waals surface area contributed by atoms with Crippen LogP contribution < -0.4 is 0 Å². The first-order chi connectivity index (χ1) is 9.65. The molecule has 0 saturated carbocycles. The lowest BCUT2D eigenvalue weighted by atomic mass is 9.84. The number of aromatic hydroxyl groups is 1. The van der Waals surface area contributed by atoms with Crippen LogP contribution in [0.4, 0.5) is 0 Å². The van der Waals surface area contributed by atoms with Crippen LogP contribution in [0.25, 0.3) is 0 Å². The zero-order chi connectivity index (χ0) is 14.1. The first-order valence-corrected chi connectivity index (χ1v) is 7.21. The smallest absolute Gasteiger partial charge is 0.115 e. The molecular weight excluding hydrogens is 246 g/mol. The molecular formula is C18H21NO. The molecule has 0 unspecified atom stereocenters. The summed E-state index contributed by atoms with van der Waals surface area (Å²) in [7, 11) is 2.15. The van der Waals surface area contributed by atoms with Crippen molar-refractivity contribution in [2.45, 2.75) is 25.8 Å². The highest BCUT2D eigenvalue weighted by Gasteiger charge is 2.23. The molecule has 0 fully saturated rings. The van der Waals surface area contributed by atoms with Gasteiger partial charge in [-0.2, -0.15) is 0 Å². The molecule has 0 aromatic heterocycles. The molecule has 1 atom stereocenters. The first-order valence-electron chi connectivity index (χ1n) is 7.21. The lowest BCUT2D eigenvalue weighted by Crippen LogP contribution is -2.17. The molecule has 2 aromatic rings. The molecule has 0 amide bonds. The third-order valence-corrected chi connectivity index (χ3v) is 4.31. The van der Waals surface area contributed by atoms with Crippen LogP contribution in [0.3, 0.4) is 0 Å². The Morgan fingerprint density at radius 2 is 1.90 bits per heavy atom. The van der Waals surface area contributed by atoms with E-state index in [9.17, 15) is 5.11 Å². The van der Waals surface area contributed by atoms with Gasteiger partial charge in [-0.3, -0.25) is 0 Å². The molecule has 1 heterocycles. The minimum Gasteiger partial charge on any atom is -0.508 e. The minimum atomic E-state index is 0.364. The van der Waals surface area contributed by atoms with Crippen molar-refractivity contribution >= 4 is 0 Å². The van der Waals surface area contributed by atoms with Crippen molar-refractivity contribution in [1.82, 2.24) is 4.90 Å². The van der Waals surface area contributed by atoms with Crippen LogP contribution in [-0.2, 0) is 6.54 Å². The van der Waals surface area contributed by atoms with E-state index in [4.69, 9.17) is 0 Å². The van der Waals surface area contributed by atoms with Gasteiger partial charge in [0.05, 0.1) is 0 Å². The molecule has 104 valence electrons. The average Bonchev–Trinajstić information content (AvgIpc) is 2.57. The lowest BCUT2D eigenvalue weighted by Gasteiger charge is -2.20. The van der Waals surface area contributed by atoms with Crippen LogP contribution in [0.1, 0.15) is 34.6 Å². The summed E-state index contributed by atoms with van der Waals surface area (Å²) in [6.07, 6.45) is 1.12. The Kier molecular flexibility index (Phi) is 3.49. The number of hydrogen-bond acceptors (Lipinski definition) is 2. The van der Waals surface area contributed by atoms with Gasteiger partial charge in [-0.05, 0) is 61.3 Å². The third kappa shape index (κ3) is 2.44. The molecule has 2 aromatic carbocycles. The average molecular weight is 267 g/mol. The van der Waals surface area contributed by atoms with Crippen molar-refractivity contribution < 1.29 is 5.11 Å². The summed E-state index contributed by atoms with van der Waals surface area (Å²) < 4.78 is 0. The van der Waals surface area contributed by atoms with Crippen LogP contribution in [0, 0.1) is 6.92 Å². The summed E-state index contributed by atoms with van der Waals surface area (Å²) >= 11 is 0. The van der Waals surface area contributed by atoms with Crippen molar-refractivity contribution in [3.8, 4) is 5.75 Å². The van der Waals surface area contributed by atoms with Gasteiger partial charge in [-0.1, -0.05) is 30.3 Å². The fourth-order valence-corrected chi connectivity index (χ4v) is 3.24. The number of phenols is 1. The number of nitrogens with zero attached hydrogens (tertiary/aromatic N) is 1. The standard InChI is InChI=1S/C18H21NO/c1-13-5-3-4-6-16(13)18-9-10-19(2)12-14-11-15(20)7-8-17(14)18/h3-8,11,18,20H,9-10,12H2,1-2H3/t18-/m0/s1. The predicted molar refractivity (Wildman–Crippen MR) is 82.1 cm³/mol. The van der Waals surface area contributed by atoms with E-state index < -0.39 is 0 Å². The summed E-state index contributed by atoms with van der Waals surface area (Å²) in [6, 6.07) is 14.5. The predicted octanol–water partition coefficient (Wildman–Crippen LogP) is 3.67. The number of fused-ring (bicyclic) bond motifs is 1. The van der Waals surface area contributed by atoms with Crippen LogP contribution in [0.5, 0.6) is 5.75 Å². The van der Waals surface area contributed by atoms with Gasteiger partial charge >= 0.3 is 0 Å². The first kappa shape index (κ1) is 13.2. The normalized spacial score (nSPS) is 19.4. The fraction of sp³-hybridized carbons (Fsp3) is 0.333. The minimum absolute atomic E-state index is 0.364. The van der Waals surface area contributed by atoms with E-state index in [1.165, 1.54) is 22.3 Å².